The highest BCUT2D eigenvalue weighted by Crippen LogP contribution is 2.39. The third kappa shape index (κ3) is 6.73. The van der Waals surface area contributed by atoms with Crippen molar-refractivity contribution in [3.8, 4) is 6.07 Å². The normalized spacial score (nSPS) is 25.8. The maximum atomic E-state index is 15.4. The molecule has 0 spiro atoms. The molecule has 2 N–H and O–H groups in total. The van der Waals surface area contributed by atoms with E-state index in [-0.39, 0.29) is 60.0 Å². The van der Waals surface area contributed by atoms with Crippen molar-refractivity contribution >= 4 is 32.6 Å². The van der Waals surface area contributed by atoms with Gasteiger partial charge in [-0.15, -0.1) is 0 Å². The van der Waals surface area contributed by atoms with Gasteiger partial charge in [-0.2, -0.15) is 5.26 Å². The Labute approximate surface area is 272 Å². The van der Waals surface area contributed by atoms with E-state index in [1.54, 1.807) is 19.1 Å². The summed E-state index contributed by atoms with van der Waals surface area (Å²) in [6.45, 7) is 5.63. The van der Waals surface area contributed by atoms with Crippen LogP contribution in [0.1, 0.15) is 67.6 Å². The molecule has 1 amide bonds. The molecule has 11 nitrogen and oxygen atoms in total. The van der Waals surface area contributed by atoms with Crippen LogP contribution >= 0.6 is 0 Å². The third-order valence-electron chi connectivity index (χ3n) is 9.80. The van der Waals surface area contributed by atoms with Gasteiger partial charge >= 0.3 is 0 Å². The Bertz CT molecular complexity index is 1900. The summed E-state index contributed by atoms with van der Waals surface area (Å²) >= 11 is 0. The summed E-state index contributed by atoms with van der Waals surface area (Å²) in [5, 5.41) is 16.9. The number of rotatable bonds is 1. The first-order chi connectivity index (χ1) is 22.3. The molecule has 6 heterocycles. The van der Waals surface area contributed by atoms with E-state index in [9.17, 15) is 23.3 Å². The lowest BCUT2D eigenvalue weighted by atomic mass is 9.77. The first-order valence-corrected chi connectivity index (χ1v) is 17.9. The number of benzene rings is 1. The van der Waals surface area contributed by atoms with Crippen LogP contribution in [-0.4, -0.2) is 71.4 Å². The summed E-state index contributed by atoms with van der Waals surface area (Å²) < 4.78 is 56.7. The fourth-order valence-electron chi connectivity index (χ4n) is 6.91. The molecule has 0 radical (unpaired) electrons. The minimum atomic E-state index is -3.37. The zero-order valence-electron chi connectivity index (χ0n) is 26.6. The Kier molecular flexibility index (Phi) is 8.82. The van der Waals surface area contributed by atoms with E-state index in [4.69, 9.17) is 0 Å². The molecule has 1 atom stereocenters. The lowest BCUT2D eigenvalue weighted by Gasteiger charge is -2.40. The second-order valence-electron chi connectivity index (χ2n) is 13.2. The molecule has 2 saturated heterocycles. The van der Waals surface area contributed by atoms with Crippen molar-refractivity contribution in [1.82, 2.24) is 24.8 Å². The van der Waals surface area contributed by atoms with E-state index in [2.05, 4.69) is 31.6 Å². The number of anilines is 1. The number of nitriles is 1. The molecule has 14 heteroatoms. The predicted molar refractivity (Wildman–Crippen MR) is 173 cm³/mol. The van der Waals surface area contributed by atoms with Gasteiger partial charge in [0.1, 0.15) is 33.7 Å². The van der Waals surface area contributed by atoms with Crippen molar-refractivity contribution < 1.29 is 22.0 Å². The van der Waals surface area contributed by atoms with Crippen LogP contribution in [0.15, 0.2) is 35.1 Å². The van der Waals surface area contributed by atoms with Gasteiger partial charge in [0.2, 0.25) is 5.91 Å². The van der Waals surface area contributed by atoms with Crippen LogP contribution in [0.3, 0.4) is 0 Å². The van der Waals surface area contributed by atoms with Gasteiger partial charge in [-0.3, -0.25) is 14.2 Å². The zero-order valence-corrected chi connectivity index (χ0v) is 27.4. The summed E-state index contributed by atoms with van der Waals surface area (Å²) in [6.07, 6.45) is 0.687. The number of sulfone groups is 1. The molecule has 1 aromatic carbocycles. The fraction of sp³-hybridized carbons (Fsp3) is 0.545. The van der Waals surface area contributed by atoms with Crippen molar-refractivity contribution in [2.75, 3.05) is 43.0 Å². The highest BCUT2D eigenvalue weighted by molar-refractivity contribution is 7.91. The summed E-state index contributed by atoms with van der Waals surface area (Å²) in [5.74, 6) is -3.10. The number of aromatic nitrogens is 3. The molecule has 0 aliphatic carbocycles. The van der Waals surface area contributed by atoms with Gasteiger partial charge in [0.05, 0.1) is 28.4 Å². The number of nitrogens with zero attached hydrogens (tertiary/aromatic N) is 5. The van der Waals surface area contributed by atoms with Crippen LogP contribution in [0.5, 0.6) is 0 Å². The van der Waals surface area contributed by atoms with Crippen LogP contribution in [0, 0.1) is 24.2 Å². The van der Waals surface area contributed by atoms with Crippen LogP contribution in [0.4, 0.5) is 14.6 Å². The Morgan fingerprint density at radius 3 is 2.55 bits per heavy atom. The van der Waals surface area contributed by atoms with E-state index >= 15 is 8.78 Å². The van der Waals surface area contributed by atoms with E-state index in [1.807, 2.05) is 6.92 Å². The van der Waals surface area contributed by atoms with Gasteiger partial charge in [-0.05, 0) is 69.7 Å². The first kappa shape index (κ1) is 33.0. The molecule has 47 heavy (non-hydrogen) atoms. The monoisotopic (exact) mass is 667 g/mol. The standard InChI is InChI=1S/C33H39F2N7O4S/c1-21-24-5-3-6-25(15-24)33(34,35)8-7-23-17-41(18-23)12-4-11-37-28(43)19-42-30-26(29(38-21)39-22(2)40-30)16-27(31(42)44)32(20-36)9-13-47(45,46)14-10-32/h3,5-6,15-16,21,23H,4,7-14,17-19H2,1-2H3,(H,37,43)(H,38,39,40)/t21-/m1/s1. The number of fused-ring (bicyclic) bond motifs is 8. The number of carbonyl (C=O) groups excluding carboxylic acids is 1. The van der Waals surface area contributed by atoms with Gasteiger partial charge in [0, 0.05) is 43.2 Å². The highest BCUT2D eigenvalue weighted by Gasteiger charge is 2.42. The second kappa shape index (κ2) is 12.6. The maximum absolute atomic E-state index is 15.4. The first-order valence-electron chi connectivity index (χ1n) is 16.1. The van der Waals surface area contributed by atoms with Crippen molar-refractivity contribution in [3.05, 3.63) is 63.2 Å². The molecule has 8 bridgehead atoms. The molecule has 4 aliphatic heterocycles. The van der Waals surface area contributed by atoms with E-state index in [0.29, 0.717) is 48.5 Å². The van der Waals surface area contributed by atoms with Gasteiger partial charge in [0.15, 0.2) is 0 Å². The number of alkyl halides is 2. The summed E-state index contributed by atoms with van der Waals surface area (Å²) in [6, 6.07) is 9.58. The molecular weight excluding hydrogens is 628 g/mol. The average molecular weight is 668 g/mol. The molecule has 2 fully saturated rings. The molecule has 4 aliphatic rings. The summed E-state index contributed by atoms with van der Waals surface area (Å²) in [5.41, 5.74) is -1.20. The van der Waals surface area contributed by atoms with E-state index in [0.717, 1.165) is 13.1 Å². The quantitative estimate of drug-likeness (QED) is 0.397. The molecule has 7 rings (SSSR count). The average Bonchev–Trinajstić information content (AvgIpc) is 3.01. The third-order valence-corrected chi connectivity index (χ3v) is 11.5. The molecular formula is C33H39F2N7O4S. The predicted octanol–water partition coefficient (Wildman–Crippen LogP) is 3.57. The van der Waals surface area contributed by atoms with Crippen molar-refractivity contribution in [2.45, 2.75) is 69.9 Å². The second-order valence-corrected chi connectivity index (χ2v) is 15.5. The number of nitrogens with one attached hydrogen (secondary N) is 2. The van der Waals surface area contributed by atoms with Crippen molar-refractivity contribution in [3.63, 3.8) is 0 Å². The summed E-state index contributed by atoms with van der Waals surface area (Å²) in [4.78, 5) is 38.7. The van der Waals surface area contributed by atoms with Crippen LogP contribution in [-0.2, 0) is 32.5 Å². The topological polar surface area (TPSA) is 150 Å². The molecule has 2 aromatic heterocycles. The number of halogens is 2. The van der Waals surface area contributed by atoms with Crippen LogP contribution in [0.25, 0.3) is 11.0 Å². The lowest BCUT2D eigenvalue weighted by molar-refractivity contribution is -0.121. The van der Waals surface area contributed by atoms with Crippen molar-refractivity contribution in [2.24, 2.45) is 5.92 Å². The van der Waals surface area contributed by atoms with Crippen molar-refractivity contribution in [1.29, 1.82) is 5.26 Å². The molecule has 3 aromatic rings. The minimum Gasteiger partial charge on any atom is -0.363 e. The molecule has 0 unspecified atom stereocenters. The van der Waals surface area contributed by atoms with Gasteiger partial charge in [-0.1, -0.05) is 18.2 Å². The highest BCUT2D eigenvalue weighted by atomic mass is 32.2. The van der Waals surface area contributed by atoms with E-state index in [1.165, 1.54) is 22.8 Å². The fourth-order valence-corrected chi connectivity index (χ4v) is 8.43. The SMILES string of the molecule is Cc1nc2c3cc(C4(C#N)CCS(=O)(=O)CC4)c(=O)n(c3n1)CC(=O)NCCCN1CC(CCC(F)(F)c3cccc(c3)[C@@H](C)N2)C1. The number of amides is 1. The Balaban J connectivity index is 1.47. The van der Waals surface area contributed by atoms with Gasteiger partial charge in [0.25, 0.3) is 11.5 Å². The van der Waals surface area contributed by atoms with Gasteiger partial charge in [-0.25, -0.2) is 27.2 Å². The lowest BCUT2D eigenvalue weighted by Crippen LogP contribution is -2.47. The van der Waals surface area contributed by atoms with E-state index < -0.39 is 38.7 Å². The summed E-state index contributed by atoms with van der Waals surface area (Å²) in [7, 11) is -3.37. The minimum absolute atomic E-state index is 0.0571. The Morgan fingerprint density at radius 1 is 1.09 bits per heavy atom. The Morgan fingerprint density at radius 2 is 1.83 bits per heavy atom. The molecule has 0 saturated carbocycles. The smallest absolute Gasteiger partial charge is 0.273 e. The zero-order chi connectivity index (χ0) is 33.6. The number of pyridine rings is 1. The Hall–Kier alpha value is -3.96. The number of aryl methyl sites for hydroxylation is 1. The van der Waals surface area contributed by atoms with Crippen LogP contribution in [0.2, 0.25) is 0 Å². The van der Waals surface area contributed by atoms with Crippen LogP contribution < -0.4 is 16.2 Å². The number of hydrogen-bond acceptors (Lipinski definition) is 9. The number of hydrogen-bond donors (Lipinski definition) is 2. The maximum Gasteiger partial charge on any atom is 0.273 e. The number of carbonyl (C=O) groups is 1. The molecule has 250 valence electrons. The van der Waals surface area contributed by atoms with Gasteiger partial charge < -0.3 is 15.5 Å². The largest absolute Gasteiger partial charge is 0.363 e.